The molecule has 2 aromatic carbocycles. The monoisotopic (exact) mass is 324 g/mol. The first-order chi connectivity index (χ1) is 11.7. The first-order valence-electron chi connectivity index (χ1n) is 8.48. The zero-order valence-electron chi connectivity index (χ0n) is 14.1. The van der Waals surface area contributed by atoms with Crippen LogP contribution >= 0.6 is 0 Å². The Hall–Kier alpha value is -2.33. The van der Waals surface area contributed by atoms with Crippen molar-refractivity contribution in [1.82, 2.24) is 4.90 Å². The van der Waals surface area contributed by atoms with Crippen LogP contribution in [0.2, 0.25) is 0 Å². The highest BCUT2D eigenvalue weighted by atomic mass is 16.5. The third kappa shape index (κ3) is 4.59. The molecule has 0 aliphatic carbocycles. The number of ether oxygens (including phenoxy) is 1. The lowest BCUT2D eigenvalue weighted by atomic mass is 10.1. The highest BCUT2D eigenvalue weighted by Crippen LogP contribution is 2.22. The number of amides is 1. The number of carbonyl (C=O) groups excluding carboxylic acids is 1. The van der Waals surface area contributed by atoms with Gasteiger partial charge in [-0.1, -0.05) is 35.9 Å². The molecule has 1 heterocycles. The van der Waals surface area contributed by atoms with E-state index in [4.69, 9.17) is 4.74 Å². The summed E-state index contributed by atoms with van der Waals surface area (Å²) in [5, 5.41) is 2.65. The molecule has 0 unspecified atom stereocenters. The first-order valence-corrected chi connectivity index (χ1v) is 8.48. The summed E-state index contributed by atoms with van der Waals surface area (Å²) in [6.07, 6.45) is 2.97. The van der Waals surface area contributed by atoms with Gasteiger partial charge in [0.1, 0.15) is 11.9 Å². The SMILES string of the molecule is Cc1ccc(CN2CCC(Oc3cccc(NC=O)c3)CC2)cc1. The van der Waals surface area contributed by atoms with E-state index in [2.05, 4.69) is 41.4 Å². The van der Waals surface area contributed by atoms with Crippen LogP contribution in [-0.4, -0.2) is 30.5 Å². The highest BCUT2D eigenvalue weighted by molar-refractivity contribution is 5.71. The number of carbonyl (C=O) groups is 1. The van der Waals surface area contributed by atoms with Crippen LogP contribution < -0.4 is 10.1 Å². The van der Waals surface area contributed by atoms with E-state index >= 15 is 0 Å². The summed E-state index contributed by atoms with van der Waals surface area (Å²) in [5.41, 5.74) is 3.43. The Labute approximate surface area is 143 Å². The van der Waals surface area contributed by atoms with E-state index in [0.717, 1.165) is 43.9 Å². The summed E-state index contributed by atoms with van der Waals surface area (Å²) in [6, 6.07) is 16.3. The van der Waals surface area contributed by atoms with E-state index in [0.29, 0.717) is 6.41 Å². The molecule has 1 saturated heterocycles. The second-order valence-electron chi connectivity index (χ2n) is 6.37. The molecule has 1 amide bonds. The number of likely N-dealkylation sites (tertiary alicyclic amines) is 1. The minimum Gasteiger partial charge on any atom is -0.490 e. The number of hydrogen-bond acceptors (Lipinski definition) is 3. The zero-order chi connectivity index (χ0) is 16.8. The van der Waals surface area contributed by atoms with Gasteiger partial charge in [0.05, 0.1) is 0 Å². The third-order valence-corrected chi connectivity index (χ3v) is 4.42. The lowest BCUT2D eigenvalue weighted by Crippen LogP contribution is -2.37. The normalized spacial score (nSPS) is 15.9. The maximum absolute atomic E-state index is 10.5. The Kier molecular flexibility index (Phi) is 5.49. The largest absolute Gasteiger partial charge is 0.490 e. The summed E-state index contributed by atoms with van der Waals surface area (Å²) in [6.45, 7) is 5.22. The molecule has 2 aromatic rings. The molecule has 24 heavy (non-hydrogen) atoms. The second kappa shape index (κ2) is 7.97. The van der Waals surface area contributed by atoms with Gasteiger partial charge in [0.15, 0.2) is 0 Å². The fourth-order valence-corrected chi connectivity index (χ4v) is 3.06. The minimum atomic E-state index is 0.241. The van der Waals surface area contributed by atoms with E-state index in [-0.39, 0.29) is 6.10 Å². The third-order valence-electron chi connectivity index (χ3n) is 4.42. The van der Waals surface area contributed by atoms with Crippen LogP contribution in [0.15, 0.2) is 48.5 Å². The van der Waals surface area contributed by atoms with Crippen molar-refractivity contribution in [2.75, 3.05) is 18.4 Å². The van der Waals surface area contributed by atoms with Crippen LogP contribution in [0.1, 0.15) is 24.0 Å². The number of aryl methyl sites for hydroxylation is 1. The summed E-state index contributed by atoms with van der Waals surface area (Å²) in [7, 11) is 0. The van der Waals surface area contributed by atoms with Crippen molar-refractivity contribution in [3.05, 3.63) is 59.7 Å². The number of anilines is 1. The predicted molar refractivity (Wildman–Crippen MR) is 96.2 cm³/mol. The molecule has 3 rings (SSSR count). The van der Waals surface area contributed by atoms with Crippen molar-refractivity contribution < 1.29 is 9.53 Å². The average Bonchev–Trinajstić information content (AvgIpc) is 2.59. The molecule has 0 atom stereocenters. The van der Waals surface area contributed by atoms with Gasteiger partial charge in [-0.2, -0.15) is 0 Å². The Morgan fingerprint density at radius 1 is 1.17 bits per heavy atom. The van der Waals surface area contributed by atoms with Crippen molar-refractivity contribution >= 4 is 12.1 Å². The molecule has 0 radical (unpaired) electrons. The van der Waals surface area contributed by atoms with E-state index < -0.39 is 0 Å². The molecular formula is C20H24N2O2. The Bertz CT molecular complexity index is 662. The molecule has 1 N–H and O–H groups in total. The van der Waals surface area contributed by atoms with Gasteiger partial charge in [0, 0.05) is 31.4 Å². The fourth-order valence-electron chi connectivity index (χ4n) is 3.06. The second-order valence-corrected chi connectivity index (χ2v) is 6.37. The lowest BCUT2D eigenvalue weighted by Gasteiger charge is -2.32. The summed E-state index contributed by atoms with van der Waals surface area (Å²) in [5.74, 6) is 0.818. The van der Waals surface area contributed by atoms with Gasteiger partial charge in [-0.15, -0.1) is 0 Å². The van der Waals surface area contributed by atoms with Gasteiger partial charge in [0.25, 0.3) is 0 Å². The Balaban J connectivity index is 1.49. The van der Waals surface area contributed by atoms with Gasteiger partial charge in [-0.3, -0.25) is 9.69 Å². The summed E-state index contributed by atoms with van der Waals surface area (Å²) in [4.78, 5) is 13.0. The Morgan fingerprint density at radius 3 is 2.62 bits per heavy atom. The van der Waals surface area contributed by atoms with Gasteiger partial charge in [-0.05, 0) is 37.5 Å². The van der Waals surface area contributed by atoms with Crippen LogP contribution in [0.25, 0.3) is 0 Å². The molecule has 1 aliphatic rings. The van der Waals surface area contributed by atoms with Crippen LogP contribution in [0, 0.1) is 6.92 Å². The highest BCUT2D eigenvalue weighted by Gasteiger charge is 2.20. The van der Waals surface area contributed by atoms with Gasteiger partial charge < -0.3 is 10.1 Å². The number of nitrogens with one attached hydrogen (secondary N) is 1. The number of piperidine rings is 1. The molecule has 126 valence electrons. The maximum atomic E-state index is 10.5. The molecule has 0 spiro atoms. The topological polar surface area (TPSA) is 41.6 Å². The van der Waals surface area contributed by atoms with E-state index in [1.807, 2.05) is 24.3 Å². The van der Waals surface area contributed by atoms with E-state index in [1.54, 1.807) is 0 Å². The van der Waals surface area contributed by atoms with E-state index in [9.17, 15) is 4.79 Å². The summed E-state index contributed by atoms with van der Waals surface area (Å²) < 4.78 is 6.07. The van der Waals surface area contributed by atoms with Crippen LogP contribution in [0.3, 0.4) is 0 Å². The molecular weight excluding hydrogens is 300 g/mol. The van der Waals surface area contributed by atoms with Crippen LogP contribution in [-0.2, 0) is 11.3 Å². The van der Waals surface area contributed by atoms with E-state index in [1.165, 1.54) is 11.1 Å². The molecule has 1 fully saturated rings. The minimum absolute atomic E-state index is 0.241. The maximum Gasteiger partial charge on any atom is 0.211 e. The van der Waals surface area contributed by atoms with Crippen LogP contribution in [0.4, 0.5) is 5.69 Å². The van der Waals surface area contributed by atoms with Gasteiger partial charge >= 0.3 is 0 Å². The smallest absolute Gasteiger partial charge is 0.211 e. The number of nitrogens with zero attached hydrogens (tertiary/aromatic N) is 1. The molecule has 1 aliphatic heterocycles. The number of benzene rings is 2. The Morgan fingerprint density at radius 2 is 1.92 bits per heavy atom. The lowest BCUT2D eigenvalue weighted by molar-refractivity contribution is -0.105. The number of hydrogen-bond donors (Lipinski definition) is 1. The fraction of sp³-hybridized carbons (Fsp3) is 0.350. The summed E-state index contributed by atoms with van der Waals surface area (Å²) >= 11 is 0. The van der Waals surface area contributed by atoms with Crippen molar-refractivity contribution in [1.29, 1.82) is 0 Å². The molecule has 4 heteroatoms. The molecule has 0 bridgehead atoms. The van der Waals surface area contributed by atoms with Crippen molar-refractivity contribution in [3.8, 4) is 5.75 Å². The standard InChI is InChI=1S/C20H24N2O2/c1-16-5-7-17(8-6-16)14-22-11-9-19(10-12-22)24-20-4-2-3-18(13-20)21-15-23/h2-8,13,15,19H,9-12,14H2,1H3,(H,21,23). The van der Waals surface area contributed by atoms with Gasteiger partial charge in [-0.25, -0.2) is 0 Å². The molecule has 0 saturated carbocycles. The van der Waals surface area contributed by atoms with Gasteiger partial charge in [0.2, 0.25) is 6.41 Å². The molecule has 0 aromatic heterocycles. The van der Waals surface area contributed by atoms with Crippen LogP contribution in [0.5, 0.6) is 5.75 Å². The van der Waals surface area contributed by atoms with Crippen molar-refractivity contribution in [2.45, 2.75) is 32.4 Å². The zero-order valence-corrected chi connectivity index (χ0v) is 14.1. The quantitative estimate of drug-likeness (QED) is 0.825. The van der Waals surface area contributed by atoms with Crippen molar-refractivity contribution in [3.63, 3.8) is 0 Å². The molecule has 4 nitrogen and oxygen atoms in total. The van der Waals surface area contributed by atoms with Crippen molar-refractivity contribution in [2.24, 2.45) is 0 Å². The predicted octanol–water partition coefficient (Wildman–Crippen LogP) is 3.61. The number of rotatable bonds is 6. The first kappa shape index (κ1) is 16.5. The average molecular weight is 324 g/mol.